The highest BCUT2D eigenvalue weighted by Crippen LogP contribution is 2.05. The number of rotatable bonds is 5. The molecule has 0 saturated carbocycles. The summed E-state index contributed by atoms with van der Waals surface area (Å²) in [6.07, 6.45) is 5.98. The van der Waals surface area contributed by atoms with Crippen LogP contribution >= 0.6 is 0 Å². The van der Waals surface area contributed by atoms with E-state index in [0.717, 1.165) is 6.42 Å². The maximum atomic E-state index is 10.4. The Morgan fingerprint density at radius 2 is 1.70 bits per heavy atom. The first-order valence-corrected chi connectivity index (χ1v) is 8.05. The van der Waals surface area contributed by atoms with E-state index in [2.05, 4.69) is 18.8 Å². The van der Waals surface area contributed by atoms with Gasteiger partial charge in [0.1, 0.15) is 6.61 Å². The van der Waals surface area contributed by atoms with Crippen LogP contribution in [0.2, 0.25) is 0 Å². The van der Waals surface area contributed by atoms with Gasteiger partial charge < -0.3 is 5.11 Å². The minimum Gasteiger partial charge on any atom is -0.384 e. The van der Waals surface area contributed by atoms with E-state index in [1.165, 1.54) is 37.8 Å². The van der Waals surface area contributed by atoms with E-state index in [1.54, 1.807) is 18.2 Å². The summed E-state index contributed by atoms with van der Waals surface area (Å²) in [5.74, 6) is 5.52. The quantitative estimate of drug-likeness (QED) is 0.498. The largest absolute Gasteiger partial charge is 0.384 e. The fourth-order valence-corrected chi connectivity index (χ4v) is 1.88. The summed E-state index contributed by atoms with van der Waals surface area (Å²) < 4.78 is 29.2. The van der Waals surface area contributed by atoms with Gasteiger partial charge in [0.05, 0.1) is 4.90 Å². The molecular weight excluding hydrogens is 276 g/mol. The van der Waals surface area contributed by atoms with E-state index in [9.17, 15) is 8.42 Å². The third-order valence-corrected chi connectivity index (χ3v) is 3.27. The molecule has 0 fully saturated rings. The van der Waals surface area contributed by atoms with E-state index in [1.807, 2.05) is 0 Å². The van der Waals surface area contributed by atoms with Crippen molar-refractivity contribution in [3.05, 3.63) is 30.3 Å². The van der Waals surface area contributed by atoms with Crippen LogP contribution in [0.1, 0.15) is 39.0 Å². The van der Waals surface area contributed by atoms with Gasteiger partial charge in [-0.2, -0.15) is 8.42 Å². The molecule has 0 aliphatic carbocycles. The van der Waals surface area contributed by atoms with Crippen LogP contribution < -0.4 is 0 Å². The van der Waals surface area contributed by atoms with E-state index in [-0.39, 0.29) is 11.5 Å². The van der Waals surface area contributed by atoms with Gasteiger partial charge in [-0.25, -0.2) is 0 Å². The number of hydrogen-bond acceptors (Lipinski definition) is 3. The van der Waals surface area contributed by atoms with Crippen molar-refractivity contribution in [2.24, 2.45) is 0 Å². The molecule has 1 rings (SSSR count). The molecule has 0 heterocycles. The SMILES string of the molecule is CCCCCCC#CCO.O=S(=O)(O)c1ccccc1. The summed E-state index contributed by atoms with van der Waals surface area (Å²) >= 11 is 0. The van der Waals surface area contributed by atoms with Gasteiger partial charge in [0.15, 0.2) is 0 Å². The zero-order valence-corrected chi connectivity index (χ0v) is 12.6. The molecule has 0 aliphatic heterocycles. The first kappa shape index (κ1) is 18.7. The molecule has 5 heteroatoms. The van der Waals surface area contributed by atoms with E-state index in [0.29, 0.717) is 0 Å². The third-order valence-electron chi connectivity index (χ3n) is 2.40. The molecule has 0 amide bonds. The first-order chi connectivity index (χ1) is 9.52. The Morgan fingerprint density at radius 3 is 2.15 bits per heavy atom. The minimum absolute atomic E-state index is 0.00772. The van der Waals surface area contributed by atoms with Crippen molar-refractivity contribution in [1.82, 2.24) is 0 Å². The maximum Gasteiger partial charge on any atom is 0.294 e. The highest BCUT2D eigenvalue weighted by Gasteiger charge is 2.05. The second-order valence-electron chi connectivity index (χ2n) is 4.11. The smallest absolute Gasteiger partial charge is 0.294 e. The molecule has 1 aromatic rings. The van der Waals surface area contributed by atoms with Crippen LogP contribution in [0.15, 0.2) is 35.2 Å². The van der Waals surface area contributed by atoms with Gasteiger partial charge in [0.25, 0.3) is 10.1 Å². The van der Waals surface area contributed by atoms with Gasteiger partial charge in [0.2, 0.25) is 0 Å². The Hall–Kier alpha value is -1.35. The fraction of sp³-hybridized carbons (Fsp3) is 0.467. The lowest BCUT2D eigenvalue weighted by Crippen LogP contribution is -1.96. The molecule has 1 aromatic carbocycles. The summed E-state index contributed by atoms with van der Waals surface area (Å²) in [5, 5.41) is 8.30. The van der Waals surface area contributed by atoms with Crippen LogP contribution in [0, 0.1) is 11.8 Å². The topological polar surface area (TPSA) is 74.6 Å². The number of aliphatic hydroxyl groups excluding tert-OH is 1. The molecule has 0 radical (unpaired) electrons. The van der Waals surface area contributed by atoms with Crippen molar-refractivity contribution in [3.63, 3.8) is 0 Å². The van der Waals surface area contributed by atoms with Gasteiger partial charge in [-0.3, -0.25) is 4.55 Å². The monoisotopic (exact) mass is 298 g/mol. The molecular formula is C15H22O4S. The third kappa shape index (κ3) is 10.6. The molecule has 20 heavy (non-hydrogen) atoms. The highest BCUT2D eigenvalue weighted by atomic mass is 32.2. The van der Waals surface area contributed by atoms with Crippen molar-refractivity contribution in [3.8, 4) is 11.8 Å². The second-order valence-corrected chi connectivity index (χ2v) is 5.53. The average molecular weight is 298 g/mol. The molecule has 112 valence electrons. The highest BCUT2D eigenvalue weighted by molar-refractivity contribution is 7.85. The molecule has 0 aromatic heterocycles. The van der Waals surface area contributed by atoms with E-state index in [4.69, 9.17) is 9.66 Å². The molecule has 4 nitrogen and oxygen atoms in total. The van der Waals surface area contributed by atoms with Crippen molar-refractivity contribution in [2.45, 2.75) is 43.9 Å². The average Bonchev–Trinajstić information content (AvgIpc) is 2.44. The van der Waals surface area contributed by atoms with Crippen molar-refractivity contribution < 1.29 is 18.1 Å². The Labute approximate surface area is 121 Å². The lowest BCUT2D eigenvalue weighted by Gasteiger charge is -1.92. The van der Waals surface area contributed by atoms with Gasteiger partial charge in [-0.15, -0.1) is 5.92 Å². The predicted molar refractivity (Wildman–Crippen MR) is 79.9 cm³/mol. The maximum absolute atomic E-state index is 10.4. The first-order valence-electron chi connectivity index (χ1n) is 6.61. The van der Waals surface area contributed by atoms with Gasteiger partial charge in [0, 0.05) is 6.42 Å². The molecule has 0 unspecified atom stereocenters. The number of unbranched alkanes of at least 4 members (excludes halogenated alkanes) is 4. The Balaban J connectivity index is 0.000000361. The molecule has 0 saturated heterocycles. The van der Waals surface area contributed by atoms with Crippen LogP contribution in [-0.4, -0.2) is 24.7 Å². The predicted octanol–water partition coefficient (Wildman–Crippen LogP) is 2.89. The van der Waals surface area contributed by atoms with Gasteiger partial charge in [-0.05, 0) is 18.6 Å². The molecule has 0 spiro atoms. The normalized spacial score (nSPS) is 9.95. The number of aliphatic hydroxyl groups is 1. The molecule has 0 bridgehead atoms. The lowest BCUT2D eigenvalue weighted by molar-refractivity contribution is 0.350. The summed E-state index contributed by atoms with van der Waals surface area (Å²) in [4.78, 5) is -0.0741. The Morgan fingerprint density at radius 1 is 1.05 bits per heavy atom. The van der Waals surface area contributed by atoms with Crippen molar-refractivity contribution in [2.75, 3.05) is 6.61 Å². The van der Waals surface area contributed by atoms with Gasteiger partial charge in [-0.1, -0.05) is 50.3 Å². The lowest BCUT2D eigenvalue weighted by atomic mass is 10.2. The molecule has 2 N–H and O–H groups in total. The zero-order chi connectivity index (χ0) is 15.3. The van der Waals surface area contributed by atoms with Crippen LogP contribution in [0.5, 0.6) is 0 Å². The summed E-state index contributed by atoms with van der Waals surface area (Å²) in [6, 6.07) is 7.42. The summed E-state index contributed by atoms with van der Waals surface area (Å²) in [6.45, 7) is 2.20. The van der Waals surface area contributed by atoms with Gasteiger partial charge >= 0.3 is 0 Å². The van der Waals surface area contributed by atoms with Crippen molar-refractivity contribution >= 4 is 10.1 Å². The number of benzene rings is 1. The van der Waals surface area contributed by atoms with Crippen LogP contribution in [-0.2, 0) is 10.1 Å². The fourth-order valence-electron chi connectivity index (χ4n) is 1.38. The summed E-state index contributed by atoms with van der Waals surface area (Å²) in [7, 11) is -4.00. The van der Waals surface area contributed by atoms with Crippen molar-refractivity contribution in [1.29, 1.82) is 0 Å². The number of hydrogen-bond donors (Lipinski definition) is 2. The summed E-state index contributed by atoms with van der Waals surface area (Å²) in [5.41, 5.74) is 0. The molecule has 0 atom stereocenters. The van der Waals surface area contributed by atoms with E-state index < -0.39 is 10.1 Å². The Bertz CT molecular complexity index is 498. The Kier molecular flexibility index (Phi) is 10.7. The zero-order valence-electron chi connectivity index (χ0n) is 11.7. The van der Waals surface area contributed by atoms with E-state index >= 15 is 0 Å². The van der Waals surface area contributed by atoms with Crippen LogP contribution in [0.4, 0.5) is 0 Å². The second kappa shape index (κ2) is 11.5. The minimum atomic E-state index is -4.00. The van der Waals surface area contributed by atoms with Crippen LogP contribution in [0.25, 0.3) is 0 Å². The standard InChI is InChI=1S/C9H16O.C6H6O3S/c1-2-3-4-5-6-7-8-9-10;7-10(8,9)6-4-2-1-3-5-6/h10H,2-6,9H2,1H3;1-5H,(H,7,8,9). The van der Waals surface area contributed by atoms with Crippen LogP contribution in [0.3, 0.4) is 0 Å². The molecule has 0 aliphatic rings.